The first-order chi connectivity index (χ1) is 9.86. The van der Waals surface area contributed by atoms with Crippen LogP contribution in [0.5, 0.6) is 0 Å². The van der Waals surface area contributed by atoms with Gasteiger partial charge in [0.1, 0.15) is 0 Å². The van der Waals surface area contributed by atoms with Crippen LogP contribution in [0.3, 0.4) is 0 Å². The van der Waals surface area contributed by atoms with Gasteiger partial charge in [0, 0.05) is 0 Å². The van der Waals surface area contributed by atoms with Gasteiger partial charge in [-0.3, -0.25) is 0 Å². The number of pyridine rings is 1. The third-order valence-electron chi connectivity index (χ3n) is 2.48. The van der Waals surface area contributed by atoms with Crippen LogP contribution >= 0.6 is 23.4 Å². The van der Waals surface area contributed by atoms with Crippen molar-refractivity contribution in [1.29, 1.82) is 0 Å². The maximum absolute atomic E-state index is 5.58. The second-order valence-electron chi connectivity index (χ2n) is 3.74. The average molecular weight is 365 g/mol. The normalized spacial score (nSPS) is 9.80. The molecule has 0 saturated carbocycles. The van der Waals surface area contributed by atoms with E-state index < -0.39 is 0 Å². The molecule has 20 heavy (non-hydrogen) atoms. The molecule has 4 heteroatoms. The summed E-state index contributed by atoms with van der Waals surface area (Å²) in [5.41, 5.74) is 1.03. The Morgan fingerprint density at radius 2 is 2.15 bits per heavy atom. The summed E-state index contributed by atoms with van der Waals surface area (Å²) in [4.78, 5) is 5.68. The molecule has 0 fully saturated rings. The topological polar surface area (TPSA) is 12.9 Å². The predicted octanol–water partition coefficient (Wildman–Crippen LogP) is 2.95. The molecule has 0 radical (unpaired) electrons. The third kappa shape index (κ3) is 3.95. The van der Waals surface area contributed by atoms with Gasteiger partial charge < -0.3 is 0 Å². The van der Waals surface area contributed by atoms with Gasteiger partial charge >= 0.3 is 135 Å². The fourth-order valence-electron chi connectivity index (χ4n) is 1.68. The average Bonchev–Trinajstić information content (AvgIpc) is 2.50. The number of hydrogen-bond donors (Lipinski definition) is 0. The van der Waals surface area contributed by atoms with Crippen LogP contribution in [0.15, 0.2) is 35.4 Å². The van der Waals surface area contributed by atoms with Crippen molar-refractivity contribution in [2.75, 3.05) is 11.6 Å². The zero-order valence-electron chi connectivity index (χ0n) is 10.7. The number of halogens is 1. The van der Waals surface area contributed by atoms with Crippen molar-refractivity contribution in [3.8, 4) is 24.2 Å². The molecule has 1 aromatic heterocycles. The van der Waals surface area contributed by atoms with E-state index in [0.29, 0.717) is 11.6 Å². The molecule has 0 saturated heterocycles. The number of fused-ring (bicyclic) bond motifs is 1. The Hall–Kier alpha value is -1.09. The molecule has 0 aliphatic rings. The molecule has 0 amide bonds. The van der Waals surface area contributed by atoms with Crippen molar-refractivity contribution in [3.05, 3.63) is 30.5 Å². The molecule has 1 aromatic carbocycles. The van der Waals surface area contributed by atoms with Crippen LogP contribution in [0.2, 0.25) is 5.32 Å². The molecule has 0 unspecified atom stereocenters. The van der Waals surface area contributed by atoms with Crippen LogP contribution < -0.4 is 4.46 Å². The molecule has 0 atom stereocenters. The summed E-state index contributed by atoms with van der Waals surface area (Å²) in [6, 6.07) is 8.21. The quantitative estimate of drug-likeness (QED) is 0.358. The van der Waals surface area contributed by atoms with Crippen LogP contribution in [-0.4, -0.2) is 31.6 Å². The van der Waals surface area contributed by atoms with Crippen molar-refractivity contribution < 1.29 is 0 Å². The van der Waals surface area contributed by atoms with E-state index in [9.17, 15) is 0 Å². The molecule has 1 nitrogen and oxygen atoms in total. The van der Waals surface area contributed by atoms with Gasteiger partial charge in [0.25, 0.3) is 0 Å². The van der Waals surface area contributed by atoms with E-state index in [1.165, 1.54) is 14.7 Å². The van der Waals surface area contributed by atoms with Gasteiger partial charge in [-0.15, -0.1) is 0 Å². The molecule has 2 rings (SSSR count). The van der Waals surface area contributed by atoms with E-state index in [0.717, 1.165) is 10.8 Å². The molecular weight excluding hydrogens is 353 g/mol. The second-order valence-corrected chi connectivity index (χ2v) is 7.09. The molecule has 0 N–H and O–H groups in total. The van der Waals surface area contributed by atoms with Gasteiger partial charge in [-0.2, -0.15) is 0 Å². The number of thioether (sulfide) groups is 1. The Morgan fingerprint density at radius 3 is 2.95 bits per heavy atom. The van der Waals surface area contributed by atoms with Crippen LogP contribution in [-0.2, 0) is 0 Å². The molecule has 1 heterocycles. The zero-order valence-corrected chi connectivity index (χ0v) is 14.0. The summed E-state index contributed by atoms with van der Waals surface area (Å²) in [6.45, 7) is 0. The summed E-state index contributed by atoms with van der Waals surface area (Å²) in [7, 11) is 0. The first kappa shape index (κ1) is 15.3. The Balaban J connectivity index is 2.36. The fraction of sp³-hybridized carbons (Fsp3) is 0.188. The van der Waals surface area contributed by atoms with Crippen molar-refractivity contribution in [3.63, 3.8) is 0 Å². The Morgan fingerprint density at radius 1 is 1.30 bits per heavy atom. The van der Waals surface area contributed by atoms with Gasteiger partial charge in [-0.05, 0) is 0 Å². The monoisotopic (exact) mass is 365 g/mol. The van der Waals surface area contributed by atoms with Gasteiger partial charge in [-0.25, -0.2) is 0 Å². The SMILES string of the molecule is C#CCSc1cnc2ccccc2c1[Se]CC#CCCl. The van der Waals surface area contributed by atoms with Gasteiger partial charge in [-0.1, -0.05) is 0 Å². The first-order valence-electron chi connectivity index (χ1n) is 5.95. The van der Waals surface area contributed by atoms with Crippen LogP contribution in [0.25, 0.3) is 10.9 Å². The first-order valence-corrected chi connectivity index (χ1v) is 9.54. The summed E-state index contributed by atoms with van der Waals surface area (Å²) in [5, 5.41) is 2.07. The number of nitrogens with zero attached hydrogens (tertiary/aromatic N) is 1. The van der Waals surface area contributed by atoms with E-state index in [-0.39, 0.29) is 15.0 Å². The van der Waals surface area contributed by atoms with Crippen molar-refractivity contribution >= 4 is 53.7 Å². The number of hydrogen-bond acceptors (Lipinski definition) is 2. The minimum atomic E-state index is 0.276. The van der Waals surface area contributed by atoms with E-state index in [1.54, 1.807) is 11.8 Å². The number of alkyl halides is 1. The third-order valence-corrected chi connectivity index (χ3v) is 5.98. The maximum atomic E-state index is 5.58. The molecular formula is C16H12ClNSSe. The van der Waals surface area contributed by atoms with Crippen LogP contribution in [0.1, 0.15) is 0 Å². The molecule has 2 aromatic rings. The second kappa shape index (κ2) is 8.25. The molecule has 0 aliphatic heterocycles. The summed E-state index contributed by atoms with van der Waals surface area (Å²) in [6.07, 6.45) is 7.28. The van der Waals surface area contributed by atoms with E-state index in [2.05, 4.69) is 28.8 Å². The standard InChI is InChI=1S/C16H12ClNSSe/c1-2-10-19-15-12-18-14-8-4-3-7-13(14)16(15)20-11-6-5-9-17/h1,3-4,7-8,12H,9-11H2. The summed E-state index contributed by atoms with van der Waals surface area (Å²) < 4.78 is 1.34. The Bertz CT molecular complexity index is 697. The van der Waals surface area contributed by atoms with Crippen molar-refractivity contribution in [1.82, 2.24) is 4.98 Å². The minimum absolute atomic E-state index is 0.276. The van der Waals surface area contributed by atoms with E-state index in [4.69, 9.17) is 18.0 Å². The molecule has 100 valence electrons. The molecule has 0 spiro atoms. The van der Waals surface area contributed by atoms with Crippen LogP contribution in [0, 0.1) is 24.2 Å². The zero-order chi connectivity index (χ0) is 14.2. The molecule has 0 aliphatic carbocycles. The number of para-hydroxylation sites is 1. The number of rotatable bonds is 4. The van der Waals surface area contributed by atoms with Crippen molar-refractivity contribution in [2.24, 2.45) is 0 Å². The number of benzene rings is 1. The van der Waals surface area contributed by atoms with Crippen LogP contribution in [0.4, 0.5) is 0 Å². The fourth-order valence-corrected chi connectivity index (χ4v) is 4.82. The number of aromatic nitrogens is 1. The number of terminal acetylenes is 1. The van der Waals surface area contributed by atoms with E-state index in [1.807, 2.05) is 24.4 Å². The summed E-state index contributed by atoms with van der Waals surface area (Å²) in [5.74, 6) is 9.74. The molecule has 0 bridgehead atoms. The van der Waals surface area contributed by atoms with Gasteiger partial charge in [0.05, 0.1) is 0 Å². The van der Waals surface area contributed by atoms with Gasteiger partial charge in [0.15, 0.2) is 0 Å². The Kier molecular flexibility index (Phi) is 6.31. The Labute approximate surface area is 135 Å². The van der Waals surface area contributed by atoms with Gasteiger partial charge in [0.2, 0.25) is 0 Å². The predicted molar refractivity (Wildman–Crippen MR) is 90.0 cm³/mol. The summed E-state index contributed by atoms with van der Waals surface area (Å²) >= 11 is 7.52. The van der Waals surface area contributed by atoms with E-state index >= 15 is 0 Å². The van der Waals surface area contributed by atoms with Crippen molar-refractivity contribution in [2.45, 2.75) is 10.2 Å².